The molecule has 1 heterocycles. The molecule has 0 spiro atoms. The third-order valence-corrected chi connectivity index (χ3v) is 5.73. The van der Waals surface area contributed by atoms with Crippen LogP contribution in [0.2, 0.25) is 0 Å². The van der Waals surface area contributed by atoms with Crippen LogP contribution in [0.5, 0.6) is 0 Å². The third kappa shape index (κ3) is 2.11. The Morgan fingerprint density at radius 3 is 2.71 bits per heavy atom. The van der Waals surface area contributed by atoms with E-state index in [4.69, 9.17) is 0 Å². The molecule has 4 atom stereocenters. The van der Waals surface area contributed by atoms with Crippen molar-refractivity contribution >= 4 is 11.8 Å². The molecule has 0 aromatic heterocycles. The summed E-state index contributed by atoms with van der Waals surface area (Å²) >= 11 is 2.16. The summed E-state index contributed by atoms with van der Waals surface area (Å²) in [6, 6.07) is 0.808. The van der Waals surface area contributed by atoms with Crippen LogP contribution < -0.4 is 5.32 Å². The van der Waals surface area contributed by atoms with E-state index in [0.717, 1.165) is 17.9 Å². The maximum Gasteiger partial charge on any atom is 0.0256 e. The Bertz CT molecular complexity index is 198. The first-order valence-electron chi connectivity index (χ1n) is 5.98. The van der Waals surface area contributed by atoms with Crippen LogP contribution in [0.25, 0.3) is 0 Å². The highest BCUT2D eigenvalue weighted by molar-refractivity contribution is 8.00. The van der Waals surface area contributed by atoms with E-state index in [-0.39, 0.29) is 0 Å². The van der Waals surface area contributed by atoms with E-state index in [0.29, 0.717) is 4.75 Å². The average Bonchev–Trinajstić information content (AvgIpc) is 2.59. The molecule has 1 N–H and O–H groups in total. The van der Waals surface area contributed by atoms with Gasteiger partial charge in [0.1, 0.15) is 0 Å². The van der Waals surface area contributed by atoms with Gasteiger partial charge in [0.15, 0.2) is 0 Å². The predicted octanol–water partition coefficient (Wildman–Crippen LogP) is 2.91. The number of nitrogens with one attached hydrogen (secondary N) is 1. The SMILES string of the molecule is CC1CC(NCC2(C)CCCS2)C1C. The second-order valence-electron chi connectivity index (χ2n) is 5.46. The van der Waals surface area contributed by atoms with Crippen LogP contribution in [0.3, 0.4) is 0 Å². The summed E-state index contributed by atoms with van der Waals surface area (Å²) in [6.45, 7) is 8.40. The van der Waals surface area contributed by atoms with Crippen LogP contribution in [0.4, 0.5) is 0 Å². The van der Waals surface area contributed by atoms with Gasteiger partial charge in [0.25, 0.3) is 0 Å². The van der Waals surface area contributed by atoms with Gasteiger partial charge in [-0.25, -0.2) is 0 Å². The average molecular weight is 213 g/mol. The van der Waals surface area contributed by atoms with Crippen molar-refractivity contribution in [2.24, 2.45) is 11.8 Å². The van der Waals surface area contributed by atoms with Crippen LogP contribution in [0.15, 0.2) is 0 Å². The number of hydrogen-bond acceptors (Lipinski definition) is 2. The molecule has 2 aliphatic rings. The van der Waals surface area contributed by atoms with E-state index in [1.165, 1.54) is 31.6 Å². The van der Waals surface area contributed by atoms with Crippen molar-refractivity contribution in [2.45, 2.75) is 50.8 Å². The fraction of sp³-hybridized carbons (Fsp3) is 1.00. The fourth-order valence-electron chi connectivity index (χ4n) is 2.62. The lowest BCUT2D eigenvalue weighted by molar-refractivity contribution is 0.135. The summed E-state index contributed by atoms with van der Waals surface area (Å²) in [5.41, 5.74) is 0. The first kappa shape index (κ1) is 10.8. The number of rotatable bonds is 3. The van der Waals surface area contributed by atoms with Gasteiger partial charge in [-0.2, -0.15) is 11.8 Å². The van der Waals surface area contributed by atoms with Crippen LogP contribution in [-0.2, 0) is 0 Å². The molecule has 2 heteroatoms. The van der Waals surface area contributed by atoms with Gasteiger partial charge in [-0.3, -0.25) is 0 Å². The molecular formula is C12H23NS. The normalized spacial score (nSPS) is 47.8. The van der Waals surface area contributed by atoms with Gasteiger partial charge >= 0.3 is 0 Å². The summed E-state index contributed by atoms with van der Waals surface area (Å²) in [5.74, 6) is 3.20. The van der Waals surface area contributed by atoms with E-state index in [2.05, 4.69) is 37.8 Å². The molecule has 0 aromatic carbocycles. The molecular weight excluding hydrogens is 190 g/mol. The Balaban J connectivity index is 1.72. The van der Waals surface area contributed by atoms with Gasteiger partial charge < -0.3 is 5.32 Å². The zero-order valence-electron chi connectivity index (χ0n) is 9.68. The molecule has 0 radical (unpaired) electrons. The van der Waals surface area contributed by atoms with E-state index in [9.17, 15) is 0 Å². The Kier molecular flexibility index (Phi) is 3.13. The van der Waals surface area contributed by atoms with E-state index in [1.54, 1.807) is 0 Å². The zero-order valence-corrected chi connectivity index (χ0v) is 10.5. The zero-order chi connectivity index (χ0) is 10.2. The smallest absolute Gasteiger partial charge is 0.0256 e. The largest absolute Gasteiger partial charge is 0.312 e. The van der Waals surface area contributed by atoms with Crippen molar-refractivity contribution in [3.63, 3.8) is 0 Å². The molecule has 1 nitrogen and oxygen atoms in total. The standard InChI is InChI=1S/C12H23NS/c1-9-7-11(10(9)2)13-8-12(3)5-4-6-14-12/h9-11,13H,4-8H2,1-3H3. The minimum atomic E-state index is 0.540. The van der Waals surface area contributed by atoms with Gasteiger partial charge in [-0.05, 0) is 43.8 Å². The molecule has 2 rings (SSSR count). The van der Waals surface area contributed by atoms with E-state index >= 15 is 0 Å². The van der Waals surface area contributed by atoms with Gasteiger partial charge in [0, 0.05) is 17.3 Å². The van der Waals surface area contributed by atoms with Gasteiger partial charge in [0.2, 0.25) is 0 Å². The maximum absolute atomic E-state index is 3.76. The second kappa shape index (κ2) is 4.05. The van der Waals surface area contributed by atoms with Crippen molar-refractivity contribution in [3.8, 4) is 0 Å². The van der Waals surface area contributed by atoms with Crippen molar-refractivity contribution < 1.29 is 0 Å². The summed E-state index contributed by atoms with van der Waals surface area (Å²) in [7, 11) is 0. The highest BCUT2D eigenvalue weighted by atomic mass is 32.2. The van der Waals surface area contributed by atoms with Crippen LogP contribution in [0.1, 0.15) is 40.0 Å². The van der Waals surface area contributed by atoms with E-state index < -0.39 is 0 Å². The lowest BCUT2D eigenvalue weighted by Crippen LogP contribution is -2.51. The van der Waals surface area contributed by atoms with Gasteiger partial charge in [-0.1, -0.05) is 13.8 Å². The molecule has 1 saturated carbocycles. The Morgan fingerprint density at radius 2 is 2.21 bits per heavy atom. The quantitative estimate of drug-likeness (QED) is 0.773. The number of hydrogen-bond donors (Lipinski definition) is 1. The number of thioether (sulfide) groups is 1. The minimum absolute atomic E-state index is 0.540. The molecule has 0 amide bonds. The predicted molar refractivity (Wildman–Crippen MR) is 64.8 cm³/mol. The molecule has 14 heavy (non-hydrogen) atoms. The molecule has 2 fully saturated rings. The van der Waals surface area contributed by atoms with Crippen molar-refractivity contribution in [3.05, 3.63) is 0 Å². The lowest BCUT2D eigenvalue weighted by atomic mass is 9.71. The molecule has 1 aliphatic carbocycles. The highest BCUT2D eigenvalue weighted by Crippen LogP contribution is 2.39. The summed E-state index contributed by atoms with van der Waals surface area (Å²) < 4.78 is 0.540. The molecule has 0 aromatic rings. The lowest BCUT2D eigenvalue weighted by Gasteiger charge is -2.43. The molecule has 82 valence electrons. The second-order valence-corrected chi connectivity index (χ2v) is 7.14. The Labute approximate surface area is 92.4 Å². The van der Waals surface area contributed by atoms with Crippen molar-refractivity contribution in [1.29, 1.82) is 0 Å². The van der Waals surface area contributed by atoms with Crippen LogP contribution in [0, 0.1) is 11.8 Å². The Hall–Kier alpha value is 0.310. The molecule has 4 unspecified atom stereocenters. The van der Waals surface area contributed by atoms with E-state index in [1.807, 2.05) is 0 Å². The monoisotopic (exact) mass is 213 g/mol. The molecule has 0 bridgehead atoms. The first-order valence-corrected chi connectivity index (χ1v) is 6.97. The molecule has 1 saturated heterocycles. The maximum atomic E-state index is 3.76. The van der Waals surface area contributed by atoms with Gasteiger partial charge in [-0.15, -0.1) is 0 Å². The topological polar surface area (TPSA) is 12.0 Å². The first-order chi connectivity index (χ1) is 6.61. The van der Waals surface area contributed by atoms with Crippen LogP contribution >= 0.6 is 11.8 Å². The molecule has 1 aliphatic heterocycles. The fourth-order valence-corrected chi connectivity index (χ4v) is 3.88. The van der Waals surface area contributed by atoms with Crippen molar-refractivity contribution in [1.82, 2.24) is 5.32 Å². The van der Waals surface area contributed by atoms with Crippen LogP contribution in [-0.4, -0.2) is 23.1 Å². The third-order valence-electron chi connectivity index (χ3n) is 4.20. The van der Waals surface area contributed by atoms with Crippen molar-refractivity contribution in [2.75, 3.05) is 12.3 Å². The Morgan fingerprint density at radius 1 is 1.43 bits per heavy atom. The summed E-state index contributed by atoms with van der Waals surface area (Å²) in [4.78, 5) is 0. The van der Waals surface area contributed by atoms with Gasteiger partial charge in [0.05, 0.1) is 0 Å². The summed E-state index contributed by atoms with van der Waals surface area (Å²) in [5, 5.41) is 3.76. The minimum Gasteiger partial charge on any atom is -0.312 e. The summed E-state index contributed by atoms with van der Waals surface area (Å²) in [6.07, 6.45) is 4.21. The highest BCUT2D eigenvalue weighted by Gasteiger charge is 2.36.